The van der Waals surface area contributed by atoms with Crippen LogP contribution >= 0.6 is 11.6 Å². The Hall–Kier alpha value is -3.24. The smallest absolute Gasteiger partial charge is 0.380 e. The van der Waals surface area contributed by atoms with Crippen LogP contribution in [-0.2, 0) is 11.3 Å². The highest BCUT2D eigenvalue weighted by molar-refractivity contribution is 6.30. The number of imidazole rings is 1. The van der Waals surface area contributed by atoms with Crippen molar-refractivity contribution in [3.8, 4) is 22.8 Å². The lowest BCUT2D eigenvalue weighted by molar-refractivity contribution is 0.118. The number of H-pyrrole nitrogens is 1. The molecule has 2 fully saturated rings. The van der Waals surface area contributed by atoms with Crippen LogP contribution in [0.4, 0.5) is 5.95 Å². The first kappa shape index (κ1) is 25.1. The van der Waals surface area contributed by atoms with E-state index >= 15 is 0 Å². The highest BCUT2D eigenvalue weighted by atomic mass is 35.5. The van der Waals surface area contributed by atoms with Crippen LogP contribution < -0.4 is 10.7 Å². The number of aromatic nitrogens is 6. The molecule has 2 aliphatic rings. The number of aromatic amines is 1. The van der Waals surface area contributed by atoms with E-state index < -0.39 is 5.76 Å². The van der Waals surface area contributed by atoms with Gasteiger partial charge in [-0.1, -0.05) is 36.5 Å². The van der Waals surface area contributed by atoms with E-state index in [0.29, 0.717) is 22.3 Å². The van der Waals surface area contributed by atoms with Crippen LogP contribution in [0.1, 0.15) is 46.0 Å². The minimum atomic E-state index is -0.637. The molecule has 1 aliphatic carbocycles. The SMILES string of the molecule is COC1C[C@@H](C)N(c2nc3cc(-c4noc(=O)[nH]4)nc(-c4cncc(Cl)c4)c3n2CC2CCC(C)CC2)C1. The highest BCUT2D eigenvalue weighted by Crippen LogP contribution is 2.38. The minimum Gasteiger partial charge on any atom is -0.380 e. The van der Waals surface area contributed by atoms with Gasteiger partial charge >= 0.3 is 5.76 Å². The Balaban J connectivity index is 1.57. The van der Waals surface area contributed by atoms with Gasteiger partial charge in [-0.2, -0.15) is 0 Å². The summed E-state index contributed by atoms with van der Waals surface area (Å²) in [6, 6.07) is 3.99. The predicted octanol–water partition coefficient (Wildman–Crippen LogP) is 4.93. The van der Waals surface area contributed by atoms with Gasteiger partial charge in [0.05, 0.1) is 27.9 Å². The normalized spacial score (nSPS) is 23.9. The number of anilines is 1. The Bertz CT molecular complexity index is 1500. The molecule has 1 N–H and O–H groups in total. The van der Waals surface area contributed by atoms with Crippen LogP contribution in [0.15, 0.2) is 33.8 Å². The Morgan fingerprint density at radius 3 is 2.66 bits per heavy atom. The first-order chi connectivity index (χ1) is 18.4. The van der Waals surface area contributed by atoms with E-state index in [2.05, 4.69) is 38.4 Å². The van der Waals surface area contributed by atoms with Crippen molar-refractivity contribution in [1.29, 1.82) is 0 Å². The summed E-state index contributed by atoms with van der Waals surface area (Å²) in [4.78, 5) is 31.1. The first-order valence-electron chi connectivity index (χ1n) is 13.3. The molecule has 38 heavy (non-hydrogen) atoms. The Morgan fingerprint density at radius 2 is 1.97 bits per heavy atom. The largest absolute Gasteiger partial charge is 0.439 e. The summed E-state index contributed by atoms with van der Waals surface area (Å²) in [6.07, 6.45) is 9.31. The lowest BCUT2D eigenvalue weighted by Crippen LogP contribution is -2.31. The highest BCUT2D eigenvalue weighted by Gasteiger charge is 2.34. The van der Waals surface area contributed by atoms with Crippen molar-refractivity contribution in [3.05, 3.63) is 40.1 Å². The molecule has 6 rings (SSSR count). The average molecular weight is 538 g/mol. The standard InChI is InChI=1S/C27H32ClN7O3/c1-15-4-6-17(7-5-15)13-35-24-21(31-26(35)34-14-20(37-3)8-16(34)2)10-22(25-32-27(36)38-33-25)30-23(24)18-9-19(28)12-29-11-18/h9-12,15-17,20H,4-8,13-14H2,1-3H3,(H,32,33,36)/t15?,16-,17?,20?/m1/s1. The van der Waals surface area contributed by atoms with E-state index in [1.807, 2.05) is 12.1 Å². The second kappa shape index (κ2) is 10.1. The first-order valence-corrected chi connectivity index (χ1v) is 13.7. The van der Waals surface area contributed by atoms with Crippen LogP contribution in [0.25, 0.3) is 33.8 Å². The molecular weight excluding hydrogens is 506 g/mol. The van der Waals surface area contributed by atoms with Crippen LogP contribution in [0.2, 0.25) is 5.02 Å². The van der Waals surface area contributed by atoms with Gasteiger partial charge in [0.2, 0.25) is 11.8 Å². The number of hydrogen-bond donors (Lipinski definition) is 1. The van der Waals surface area contributed by atoms with Gasteiger partial charge in [-0.05, 0) is 50.2 Å². The fourth-order valence-corrected chi connectivity index (χ4v) is 6.12. The summed E-state index contributed by atoms with van der Waals surface area (Å²) >= 11 is 6.37. The Kier molecular flexibility index (Phi) is 6.69. The van der Waals surface area contributed by atoms with Crippen molar-refractivity contribution in [3.63, 3.8) is 0 Å². The van der Waals surface area contributed by atoms with Crippen molar-refractivity contribution >= 4 is 28.6 Å². The average Bonchev–Trinajstić information content (AvgIpc) is 3.61. The van der Waals surface area contributed by atoms with Crippen LogP contribution in [-0.4, -0.2) is 55.5 Å². The number of hydrogen-bond acceptors (Lipinski definition) is 8. The van der Waals surface area contributed by atoms with Gasteiger partial charge in [0.15, 0.2) is 0 Å². The van der Waals surface area contributed by atoms with E-state index in [1.165, 1.54) is 25.7 Å². The molecule has 2 atom stereocenters. The molecule has 0 spiro atoms. The molecule has 0 radical (unpaired) electrons. The molecular formula is C27H32ClN7O3. The quantitative estimate of drug-likeness (QED) is 0.368. The summed E-state index contributed by atoms with van der Waals surface area (Å²) in [5, 5.41) is 4.39. The van der Waals surface area contributed by atoms with E-state index in [-0.39, 0.29) is 18.0 Å². The molecule has 4 aromatic rings. The molecule has 1 unspecified atom stereocenters. The van der Waals surface area contributed by atoms with Gasteiger partial charge in [0, 0.05) is 44.2 Å². The molecule has 1 aliphatic heterocycles. The summed E-state index contributed by atoms with van der Waals surface area (Å²) in [5.41, 5.74) is 3.61. The maximum absolute atomic E-state index is 11.7. The monoisotopic (exact) mass is 537 g/mol. The zero-order chi connectivity index (χ0) is 26.4. The van der Waals surface area contributed by atoms with Crippen LogP contribution in [0.5, 0.6) is 0 Å². The maximum atomic E-state index is 11.7. The number of nitrogens with zero attached hydrogens (tertiary/aromatic N) is 6. The number of nitrogens with one attached hydrogen (secondary N) is 1. The maximum Gasteiger partial charge on any atom is 0.439 e. The van der Waals surface area contributed by atoms with E-state index in [1.54, 1.807) is 19.5 Å². The lowest BCUT2D eigenvalue weighted by Gasteiger charge is -2.29. The molecule has 200 valence electrons. The van der Waals surface area contributed by atoms with Crippen molar-refractivity contribution in [1.82, 2.24) is 29.7 Å². The number of pyridine rings is 2. The third-order valence-electron chi connectivity index (χ3n) is 8.07. The lowest BCUT2D eigenvalue weighted by atomic mass is 9.83. The minimum absolute atomic E-state index is 0.152. The second-order valence-electron chi connectivity index (χ2n) is 10.8. The molecule has 11 heteroatoms. The zero-order valence-electron chi connectivity index (χ0n) is 21.9. The predicted molar refractivity (Wildman–Crippen MR) is 145 cm³/mol. The van der Waals surface area contributed by atoms with Gasteiger partial charge in [-0.25, -0.2) is 14.8 Å². The number of halogens is 1. The summed E-state index contributed by atoms with van der Waals surface area (Å²) in [7, 11) is 1.77. The second-order valence-corrected chi connectivity index (χ2v) is 11.2. The molecule has 4 aromatic heterocycles. The third kappa shape index (κ3) is 4.71. The van der Waals surface area contributed by atoms with Gasteiger partial charge in [-0.3, -0.25) is 14.5 Å². The number of methoxy groups -OCH3 is 1. The molecule has 1 saturated heterocycles. The van der Waals surface area contributed by atoms with Crippen molar-refractivity contribution < 1.29 is 9.26 Å². The van der Waals surface area contributed by atoms with E-state index in [9.17, 15) is 4.79 Å². The molecule has 0 bridgehead atoms. The Labute approximate surface area is 225 Å². The summed E-state index contributed by atoms with van der Waals surface area (Å²) in [5.74, 6) is 1.85. The number of fused-ring (bicyclic) bond motifs is 1. The molecule has 10 nitrogen and oxygen atoms in total. The van der Waals surface area contributed by atoms with Gasteiger partial charge < -0.3 is 14.2 Å². The fraction of sp³-hybridized carbons (Fsp3) is 0.519. The van der Waals surface area contributed by atoms with Gasteiger partial charge in [0.1, 0.15) is 5.69 Å². The summed E-state index contributed by atoms with van der Waals surface area (Å²) < 4.78 is 12.8. The van der Waals surface area contributed by atoms with Crippen LogP contribution in [0, 0.1) is 11.8 Å². The number of rotatable bonds is 6. The van der Waals surface area contributed by atoms with Gasteiger partial charge in [-0.15, -0.1) is 0 Å². The summed E-state index contributed by atoms with van der Waals surface area (Å²) in [6.45, 7) is 6.18. The van der Waals surface area contributed by atoms with Crippen LogP contribution in [0.3, 0.4) is 0 Å². The molecule has 0 amide bonds. The zero-order valence-corrected chi connectivity index (χ0v) is 22.6. The topological polar surface area (TPSA) is 115 Å². The molecule has 0 aromatic carbocycles. The fourth-order valence-electron chi connectivity index (χ4n) is 5.94. The third-order valence-corrected chi connectivity index (χ3v) is 8.28. The van der Waals surface area contributed by atoms with Crippen molar-refractivity contribution in [2.75, 3.05) is 18.6 Å². The Morgan fingerprint density at radius 1 is 1.16 bits per heavy atom. The van der Waals surface area contributed by atoms with Gasteiger partial charge in [0.25, 0.3) is 0 Å². The van der Waals surface area contributed by atoms with E-state index in [0.717, 1.165) is 48.0 Å². The van der Waals surface area contributed by atoms with Crippen molar-refractivity contribution in [2.24, 2.45) is 11.8 Å². The number of ether oxygens (including phenoxy) is 1. The van der Waals surface area contributed by atoms with E-state index in [4.69, 9.17) is 30.8 Å². The molecule has 1 saturated carbocycles. The molecule has 5 heterocycles. The van der Waals surface area contributed by atoms with Crippen molar-refractivity contribution in [2.45, 2.75) is 64.6 Å².